The molecule has 1 heterocycles. The van der Waals surface area contributed by atoms with Gasteiger partial charge in [-0.25, -0.2) is 0 Å². The van der Waals surface area contributed by atoms with Crippen LogP contribution in [-0.4, -0.2) is 14.7 Å². The van der Waals surface area contributed by atoms with Gasteiger partial charge in [0.05, 0.1) is 13.0 Å². The SMILES string of the molecule is CC1(CC(Cl)(Cl)Cl)Oc2ccc(CO)cc2O1. The van der Waals surface area contributed by atoms with Crippen LogP contribution in [0.5, 0.6) is 11.5 Å². The van der Waals surface area contributed by atoms with Crippen molar-refractivity contribution in [3.8, 4) is 11.5 Å². The number of hydrogen-bond donors (Lipinski definition) is 1. The molecule has 1 atom stereocenters. The molecule has 1 aliphatic heterocycles. The zero-order chi connectivity index (χ0) is 12.7. The molecule has 0 spiro atoms. The minimum Gasteiger partial charge on any atom is -0.449 e. The van der Waals surface area contributed by atoms with E-state index >= 15 is 0 Å². The maximum absolute atomic E-state index is 9.03. The Morgan fingerprint density at radius 1 is 1.24 bits per heavy atom. The van der Waals surface area contributed by atoms with Gasteiger partial charge < -0.3 is 14.6 Å². The van der Waals surface area contributed by atoms with Crippen molar-refractivity contribution >= 4 is 34.8 Å². The summed E-state index contributed by atoms with van der Waals surface area (Å²) in [7, 11) is 0. The zero-order valence-electron chi connectivity index (χ0n) is 9.04. The van der Waals surface area contributed by atoms with Crippen LogP contribution < -0.4 is 9.47 Å². The quantitative estimate of drug-likeness (QED) is 0.850. The number of fused-ring (bicyclic) bond motifs is 1. The van der Waals surface area contributed by atoms with Gasteiger partial charge in [0.2, 0.25) is 0 Å². The highest BCUT2D eigenvalue weighted by atomic mass is 35.6. The molecule has 0 radical (unpaired) electrons. The summed E-state index contributed by atoms with van der Waals surface area (Å²) in [6.07, 6.45) is 0.105. The van der Waals surface area contributed by atoms with E-state index in [2.05, 4.69) is 0 Å². The molecular weight excluding hydrogens is 286 g/mol. The third-order valence-corrected chi connectivity index (χ3v) is 2.76. The standard InChI is InChI=1S/C11H11Cl3O3/c1-10(6-11(12,13)14)16-8-3-2-7(5-15)4-9(8)17-10/h2-4,15H,5-6H2,1H3. The summed E-state index contributed by atoms with van der Waals surface area (Å²) in [5.41, 5.74) is 0.741. The fourth-order valence-corrected chi connectivity index (χ4v) is 2.47. The van der Waals surface area contributed by atoms with Gasteiger partial charge in [0.25, 0.3) is 5.79 Å². The van der Waals surface area contributed by atoms with Crippen molar-refractivity contribution in [2.45, 2.75) is 29.5 Å². The van der Waals surface area contributed by atoms with Gasteiger partial charge >= 0.3 is 0 Å². The summed E-state index contributed by atoms with van der Waals surface area (Å²) >= 11 is 17.2. The van der Waals surface area contributed by atoms with Crippen LogP contribution in [0, 0.1) is 0 Å². The fourth-order valence-electron chi connectivity index (χ4n) is 1.74. The van der Waals surface area contributed by atoms with Gasteiger partial charge in [-0.15, -0.1) is 0 Å². The highest BCUT2D eigenvalue weighted by Gasteiger charge is 2.43. The van der Waals surface area contributed by atoms with Crippen LogP contribution in [0.2, 0.25) is 0 Å². The average Bonchev–Trinajstić information content (AvgIpc) is 2.48. The lowest BCUT2D eigenvalue weighted by atomic mass is 10.2. The van der Waals surface area contributed by atoms with E-state index in [0.717, 1.165) is 5.56 Å². The number of benzene rings is 1. The predicted octanol–water partition coefficient (Wildman–Crippen LogP) is 3.43. The second-order valence-electron chi connectivity index (χ2n) is 4.07. The van der Waals surface area contributed by atoms with Crippen molar-refractivity contribution in [1.82, 2.24) is 0 Å². The molecule has 17 heavy (non-hydrogen) atoms. The molecule has 0 aromatic heterocycles. The van der Waals surface area contributed by atoms with Crippen LogP contribution in [-0.2, 0) is 6.61 Å². The maximum atomic E-state index is 9.03. The normalized spacial score (nSPS) is 22.9. The number of ether oxygens (including phenoxy) is 2. The topological polar surface area (TPSA) is 38.7 Å². The van der Waals surface area contributed by atoms with Crippen molar-refractivity contribution < 1.29 is 14.6 Å². The molecular formula is C11H11Cl3O3. The number of alkyl halides is 3. The molecule has 0 aliphatic carbocycles. The summed E-state index contributed by atoms with van der Waals surface area (Å²) < 4.78 is 9.79. The van der Waals surface area contributed by atoms with Crippen molar-refractivity contribution in [3.05, 3.63) is 23.8 Å². The molecule has 0 saturated carbocycles. The van der Waals surface area contributed by atoms with Crippen molar-refractivity contribution in [1.29, 1.82) is 0 Å². The minimum absolute atomic E-state index is 0.0577. The molecule has 1 aromatic rings. The molecule has 1 aliphatic rings. The van der Waals surface area contributed by atoms with Crippen LogP contribution in [0.4, 0.5) is 0 Å². The maximum Gasteiger partial charge on any atom is 0.253 e. The van der Waals surface area contributed by atoms with Gasteiger partial charge in [0.1, 0.15) is 0 Å². The second kappa shape index (κ2) is 4.39. The lowest BCUT2D eigenvalue weighted by molar-refractivity contribution is -0.0669. The summed E-state index contributed by atoms with van der Waals surface area (Å²) in [5, 5.41) is 9.03. The van der Waals surface area contributed by atoms with Crippen LogP contribution >= 0.6 is 34.8 Å². The second-order valence-corrected chi connectivity index (χ2v) is 6.59. The Hall–Kier alpha value is -0.350. The number of aliphatic hydroxyl groups is 1. The van der Waals surface area contributed by atoms with Crippen molar-refractivity contribution in [3.63, 3.8) is 0 Å². The number of halogens is 3. The van der Waals surface area contributed by atoms with Crippen LogP contribution in [0.1, 0.15) is 18.9 Å². The molecule has 94 valence electrons. The number of rotatable bonds is 2. The Kier molecular flexibility index (Phi) is 3.38. The molecule has 3 nitrogen and oxygen atoms in total. The smallest absolute Gasteiger partial charge is 0.253 e. The molecule has 0 saturated heterocycles. The van der Waals surface area contributed by atoms with E-state index in [9.17, 15) is 0 Å². The van der Waals surface area contributed by atoms with Crippen molar-refractivity contribution in [2.75, 3.05) is 0 Å². The van der Waals surface area contributed by atoms with Gasteiger partial charge in [0.15, 0.2) is 15.3 Å². The summed E-state index contributed by atoms with van der Waals surface area (Å²) in [5.74, 6) is 0.133. The molecule has 1 aromatic carbocycles. The van der Waals surface area contributed by atoms with Crippen LogP contribution in [0.15, 0.2) is 18.2 Å². The molecule has 2 rings (SSSR count). The lowest BCUT2D eigenvalue weighted by Crippen LogP contribution is -2.38. The Labute approximate surface area is 114 Å². The summed E-state index contributed by atoms with van der Waals surface area (Å²) in [6, 6.07) is 5.19. The van der Waals surface area contributed by atoms with E-state index in [1.165, 1.54) is 0 Å². The largest absolute Gasteiger partial charge is 0.449 e. The first-order chi connectivity index (χ1) is 7.81. The predicted molar refractivity (Wildman–Crippen MR) is 66.9 cm³/mol. The summed E-state index contributed by atoms with van der Waals surface area (Å²) in [6.45, 7) is 1.64. The fraction of sp³-hybridized carbons (Fsp3) is 0.455. The molecule has 0 amide bonds. The van der Waals surface area contributed by atoms with Gasteiger partial charge in [-0.2, -0.15) is 0 Å². The first kappa shape index (κ1) is 13.1. The number of aliphatic hydroxyl groups excluding tert-OH is 1. The van der Waals surface area contributed by atoms with Crippen molar-refractivity contribution in [2.24, 2.45) is 0 Å². The van der Waals surface area contributed by atoms with Gasteiger partial charge in [-0.3, -0.25) is 0 Å². The van der Waals surface area contributed by atoms with E-state index < -0.39 is 9.58 Å². The van der Waals surface area contributed by atoms with E-state index in [1.807, 2.05) is 0 Å². The van der Waals surface area contributed by atoms with E-state index in [4.69, 9.17) is 49.4 Å². The van der Waals surface area contributed by atoms with E-state index in [0.29, 0.717) is 11.5 Å². The molecule has 0 fully saturated rings. The zero-order valence-corrected chi connectivity index (χ0v) is 11.3. The highest BCUT2D eigenvalue weighted by Crippen LogP contribution is 2.45. The first-order valence-corrected chi connectivity index (χ1v) is 6.13. The minimum atomic E-state index is -1.45. The third kappa shape index (κ3) is 3.10. The monoisotopic (exact) mass is 296 g/mol. The Morgan fingerprint density at radius 2 is 1.88 bits per heavy atom. The Bertz CT molecular complexity index is 430. The van der Waals surface area contributed by atoms with E-state index in [-0.39, 0.29) is 13.0 Å². The highest BCUT2D eigenvalue weighted by molar-refractivity contribution is 6.67. The number of hydrogen-bond acceptors (Lipinski definition) is 3. The molecule has 1 N–H and O–H groups in total. The van der Waals surface area contributed by atoms with Gasteiger partial charge in [-0.1, -0.05) is 40.9 Å². The van der Waals surface area contributed by atoms with Gasteiger partial charge in [0, 0.05) is 6.92 Å². The average molecular weight is 298 g/mol. The van der Waals surface area contributed by atoms with E-state index in [1.54, 1.807) is 25.1 Å². The van der Waals surface area contributed by atoms with Crippen LogP contribution in [0.3, 0.4) is 0 Å². The van der Waals surface area contributed by atoms with Gasteiger partial charge in [-0.05, 0) is 17.7 Å². The molecule has 0 bridgehead atoms. The molecule has 1 unspecified atom stereocenters. The lowest BCUT2D eigenvalue weighted by Gasteiger charge is -2.26. The van der Waals surface area contributed by atoms with Crippen LogP contribution in [0.25, 0.3) is 0 Å². The Balaban J connectivity index is 2.20. The molecule has 6 heteroatoms. The first-order valence-electron chi connectivity index (χ1n) is 5.00. The summed E-state index contributed by atoms with van der Waals surface area (Å²) in [4.78, 5) is 0. The Morgan fingerprint density at radius 3 is 2.47 bits per heavy atom. The third-order valence-electron chi connectivity index (χ3n) is 2.36.